The van der Waals surface area contributed by atoms with Gasteiger partial charge in [-0.05, 0) is 20.8 Å². The Morgan fingerprint density at radius 2 is 2.18 bits per heavy atom. The van der Waals surface area contributed by atoms with E-state index in [1.807, 2.05) is 10.9 Å². The van der Waals surface area contributed by atoms with E-state index in [4.69, 9.17) is 0 Å². The Bertz CT molecular complexity index is 330. The first kappa shape index (κ1) is 14.1. The molecule has 0 saturated carbocycles. The van der Waals surface area contributed by atoms with Crippen molar-refractivity contribution in [3.05, 3.63) is 16.6 Å². The first-order valence-corrected chi connectivity index (χ1v) is 6.80. The summed E-state index contributed by atoms with van der Waals surface area (Å²) in [4.78, 5) is 15.7. The highest BCUT2D eigenvalue weighted by atomic mass is 32.1. The van der Waals surface area contributed by atoms with Crippen LogP contribution in [0.3, 0.4) is 0 Å². The maximum absolute atomic E-state index is 11.5. The van der Waals surface area contributed by atoms with Crippen molar-refractivity contribution in [3.8, 4) is 0 Å². The van der Waals surface area contributed by atoms with Crippen molar-refractivity contribution in [2.75, 3.05) is 13.1 Å². The van der Waals surface area contributed by atoms with Crippen LogP contribution in [0.15, 0.2) is 10.9 Å². The van der Waals surface area contributed by atoms with Gasteiger partial charge < -0.3 is 10.6 Å². The van der Waals surface area contributed by atoms with Gasteiger partial charge in [-0.2, -0.15) is 0 Å². The van der Waals surface area contributed by atoms with Crippen LogP contribution in [0.2, 0.25) is 0 Å². The Hall–Kier alpha value is -0.940. The molecule has 0 aromatic carbocycles. The van der Waals surface area contributed by atoms with Crippen LogP contribution in [0.5, 0.6) is 0 Å². The minimum absolute atomic E-state index is 0.0703. The molecular weight excluding hydrogens is 234 g/mol. The van der Waals surface area contributed by atoms with Crippen molar-refractivity contribution in [3.63, 3.8) is 0 Å². The van der Waals surface area contributed by atoms with Crippen LogP contribution in [0.1, 0.15) is 32.9 Å². The summed E-state index contributed by atoms with van der Waals surface area (Å²) >= 11 is 1.58. The summed E-state index contributed by atoms with van der Waals surface area (Å²) in [6.45, 7) is 7.65. The molecular formula is C12H21N3OS. The van der Waals surface area contributed by atoms with Gasteiger partial charge in [0.05, 0.1) is 11.2 Å². The molecule has 1 aromatic rings. The lowest BCUT2D eigenvalue weighted by molar-refractivity contribution is -0.121. The molecule has 96 valence electrons. The number of hydrogen-bond donors (Lipinski definition) is 2. The average molecular weight is 255 g/mol. The number of carbonyl (C=O) groups excluding carboxylic acids is 1. The highest BCUT2D eigenvalue weighted by Gasteiger charge is 2.09. The van der Waals surface area contributed by atoms with Crippen LogP contribution >= 0.6 is 11.3 Å². The molecule has 17 heavy (non-hydrogen) atoms. The van der Waals surface area contributed by atoms with E-state index in [9.17, 15) is 4.79 Å². The molecule has 0 atom stereocenters. The van der Waals surface area contributed by atoms with Gasteiger partial charge in [-0.1, -0.05) is 0 Å². The lowest BCUT2D eigenvalue weighted by atomic mass is 10.1. The smallest absolute Gasteiger partial charge is 0.221 e. The second kappa shape index (κ2) is 6.71. The summed E-state index contributed by atoms with van der Waals surface area (Å²) in [5.74, 6) is 0.0944. The lowest BCUT2D eigenvalue weighted by Crippen LogP contribution is -2.38. The minimum atomic E-state index is 0.0703. The zero-order valence-corrected chi connectivity index (χ0v) is 11.6. The van der Waals surface area contributed by atoms with Crippen LogP contribution in [-0.2, 0) is 11.2 Å². The van der Waals surface area contributed by atoms with Crippen molar-refractivity contribution in [2.45, 2.75) is 39.2 Å². The van der Waals surface area contributed by atoms with E-state index >= 15 is 0 Å². The van der Waals surface area contributed by atoms with Crippen LogP contribution in [-0.4, -0.2) is 29.5 Å². The molecule has 0 spiro atoms. The second-order valence-electron chi connectivity index (χ2n) is 5.01. The Labute approximate surface area is 107 Å². The summed E-state index contributed by atoms with van der Waals surface area (Å²) < 4.78 is 0. The van der Waals surface area contributed by atoms with E-state index in [0.717, 1.165) is 12.1 Å². The van der Waals surface area contributed by atoms with Gasteiger partial charge in [-0.15, -0.1) is 11.3 Å². The van der Waals surface area contributed by atoms with E-state index in [1.165, 1.54) is 0 Å². The van der Waals surface area contributed by atoms with E-state index in [1.54, 1.807) is 11.3 Å². The van der Waals surface area contributed by atoms with Crippen molar-refractivity contribution >= 4 is 17.2 Å². The van der Waals surface area contributed by atoms with Gasteiger partial charge in [-0.3, -0.25) is 4.79 Å². The summed E-state index contributed by atoms with van der Waals surface area (Å²) in [5, 5.41) is 8.19. The summed E-state index contributed by atoms with van der Waals surface area (Å²) in [5.41, 5.74) is 2.92. The van der Waals surface area contributed by atoms with Crippen molar-refractivity contribution in [2.24, 2.45) is 0 Å². The Balaban J connectivity index is 2.05. The third-order valence-corrected chi connectivity index (χ3v) is 2.83. The van der Waals surface area contributed by atoms with Gasteiger partial charge in [-0.25, -0.2) is 4.98 Å². The number of rotatable bonds is 6. The molecule has 0 aliphatic carbocycles. The predicted octanol–water partition coefficient (Wildman–Crippen LogP) is 1.58. The number of amides is 1. The fourth-order valence-electron chi connectivity index (χ4n) is 1.33. The monoisotopic (exact) mass is 255 g/mol. The molecule has 4 nitrogen and oxygen atoms in total. The third kappa shape index (κ3) is 7.07. The molecule has 0 saturated heterocycles. The number of carbonyl (C=O) groups is 1. The zero-order valence-electron chi connectivity index (χ0n) is 10.7. The van der Waals surface area contributed by atoms with E-state index < -0.39 is 0 Å². The van der Waals surface area contributed by atoms with Crippen LogP contribution in [0, 0.1) is 0 Å². The average Bonchev–Trinajstić information content (AvgIpc) is 2.68. The molecule has 0 fully saturated rings. The van der Waals surface area contributed by atoms with Crippen molar-refractivity contribution in [1.29, 1.82) is 0 Å². The van der Waals surface area contributed by atoms with E-state index in [0.29, 0.717) is 19.5 Å². The number of thiazole rings is 1. The number of nitrogens with one attached hydrogen (secondary N) is 2. The molecule has 1 rings (SSSR count). The van der Waals surface area contributed by atoms with Gasteiger partial charge in [0.2, 0.25) is 5.91 Å². The number of nitrogens with zero attached hydrogens (tertiary/aromatic N) is 1. The van der Waals surface area contributed by atoms with Gasteiger partial charge in [0.15, 0.2) is 0 Å². The predicted molar refractivity (Wildman–Crippen MR) is 71.2 cm³/mol. The standard InChI is InChI=1S/C12H21N3OS/c1-12(2,3)15-7-5-11(16)13-6-4-10-8-17-9-14-10/h8-9,15H,4-7H2,1-3H3,(H,13,16). The number of aromatic nitrogens is 1. The van der Waals surface area contributed by atoms with Crippen LogP contribution in [0.4, 0.5) is 0 Å². The zero-order chi connectivity index (χ0) is 12.7. The summed E-state index contributed by atoms with van der Waals surface area (Å²) in [6.07, 6.45) is 1.33. The third-order valence-electron chi connectivity index (χ3n) is 2.19. The molecule has 2 N–H and O–H groups in total. The quantitative estimate of drug-likeness (QED) is 0.811. The second-order valence-corrected chi connectivity index (χ2v) is 5.73. The highest BCUT2D eigenvalue weighted by molar-refractivity contribution is 7.07. The largest absolute Gasteiger partial charge is 0.356 e. The fraction of sp³-hybridized carbons (Fsp3) is 0.667. The summed E-state index contributed by atoms with van der Waals surface area (Å²) in [6, 6.07) is 0. The fourth-order valence-corrected chi connectivity index (χ4v) is 1.92. The molecule has 1 amide bonds. The molecule has 0 aliphatic heterocycles. The SMILES string of the molecule is CC(C)(C)NCCC(=O)NCCc1cscn1. The van der Waals surface area contributed by atoms with Crippen LogP contribution in [0.25, 0.3) is 0 Å². The Kier molecular flexibility index (Phi) is 5.58. The van der Waals surface area contributed by atoms with Crippen molar-refractivity contribution < 1.29 is 4.79 Å². The lowest BCUT2D eigenvalue weighted by Gasteiger charge is -2.20. The minimum Gasteiger partial charge on any atom is -0.356 e. The first-order valence-electron chi connectivity index (χ1n) is 5.86. The van der Waals surface area contributed by atoms with E-state index in [2.05, 4.69) is 36.4 Å². The maximum atomic E-state index is 11.5. The van der Waals surface area contributed by atoms with Gasteiger partial charge in [0.1, 0.15) is 0 Å². The van der Waals surface area contributed by atoms with Crippen LogP contribution < -0.4 is 10.6 Å². The maximum Gasteiger partial charge on any atom is 0.221 e. The Morgan fingerprint density at radius 1 is 1.41 bits per heavy atom. The van der Waals surface area contributed by atoms with Crippen molar-refractivity contribution in [1.82, 2.24) is 15.6 Å². The van der Waals surface area contributed by atoms with Gasteiger partial charge >= 0.3 is 0 Å². The number of hydrogen-bond acceptors (Lipinski definition) is 4. The molecule has 1 aromatic heterocycles. The topological polar surface area (TPSA) is 54.0 Å². The van der Waals surface area contributed by atoms with E-state index in [-0.39, 0.29) is 11.4 Å². The van der Waals surface area contributed by atoms with Gasteiger partial charge in [0, 0.05) is 36.9 Å². The molecule has 5 heteroatoms. The normalized spacial score (nSPS) is 11.5. The first-order chi connectivity index (χ1) is 7.97. The van der Waals surface area contributed by atoms with Gasteiger partial charge in [0.25, 0.3) is 0 Å². The molecule has 0 unspecified atom stereocenters. The molecule has 0 radical (unpaired) electrons. The molecule has 0 bridgehead atoms. The molecule has 0 aliphatic rings. The Morgan fingerprint density at radius 3 is 2.76 bits per heavy atom. The molecule has 1 heterocycles. The summed E-state index contributed by atoms with van der Waals surface area (Å²) in [7, 11) is 0. The highest BCUT2D eigenvalue weighted by Crippen LogP contribution is 2.00.